The monoisotopic (exact) mass is 335 g/mol. The molecule has 0 saturated carbocycles. The molecule has 0 saturated heterocycles. The van der Waals surface area contributed by atoms with Crippen molar-refractivity contribution >= 4 is 17.9 Å². The van der Waals surface area contributed by atoms with Crippen molar-refractivity contribution in [2.75, 3.05) is 0 Å². The van der Waals surface area contributed by atoms with Gasteiger partial charge in [0.2, 0.25) is 11.8 Å². The molecule has 1 rings (SSSR count). The number of carbonyl (C=O) groups excluding carboxylic acids is 3. The molecular formula is C17H25N3O4. The smallest absolute Gasteiger partial charge is 0.408 e. The van der Waals surface area contributed by atoms with Gasteiger partial charge in [0.1, 0.15) is 18.7 Å². The molecule has 0 fully saturated rings. The SMILES string of the molecule is CC[C@H](NC(=O)[C@@H](NC(=O)OCc1ccccc1)C(C)C)C(N)=O. The number of amides is 3. The Bertz CT molecular complexity index is 560. The fourth-order valence-electron chi connectivity index (χ4n) is 2.06. The molecule has 3 amide bonds. The van der Waals surface area contributed by atoms with Crippen molar-refractivity contribution < 1.29 is 19.1 Å². The van der Waals surface area contributed by atoms with E-state index in [0.717, 1.165) is 5.56 Å². The second-order valence-electron chi connectivity index (χ2n) is 5.80. The minimum Gasteiger partial charge on any atom is -0.445 e. The third-order valence-corrected chi connectivity index (χ3v) is 3.50. The zero-order chi connectivity index (χ0) is 18.1. The fraction of sp³-hybridized carbons (Fsp3) is 0.471. The first-order valence-corrected chi connectivity index (χ1v) is 7.92. The van der Waals surface area contributed by atoms with Crippen LogP contribution in [0.3, 0.4) is 0 Å². The molecule has 0 aromatic heterocycles. The molecule has 2 atom stereocenters. The predicted molar refractivity (Wildman–Crippen MR) is 89.8 cm³/mol. The van der Waals surface area contributed by atoms with E-state index < -0.39 is 30.0 Å². The predicted octanol–water partition coefficient (Wildman–Crippen LogP) is 1.32. The maximum Gasteiger partial charge on any atom is 0.408 e. The molecule has 0 heterocycles. The number of alkyl carbamates (subject to hydrolysis) is 1. The molecule has 132 valence electrons. The topological polar surface area (TPSA) is 111 Å². The molecule has 1 aromatic carbocycles. The quantitative estimate of drug-likeness (QED) is 0.665. The zero-order valence-electron chi connectivity index (χ0n) is 14.2. The van der Waals surface area contributed by atoms with Gasteiger partial charge in [0, 0.05) is 0 Å². The van der Waals surface area contributed by atoms with E-state index >= 15 is 0 Å². The van der Waals surface area contributed by atoms with Crippen LogP contribution in [0.25, 0.3) is 0 Å². The molecule has 0 bridgehead atoms. The highest BCUT2D eigenvalue weighted by molar-refractivity contribution is 5.90. The number of rotatable bonds is 8. The van der Waals surface area contributed by atoms with E-state index in [4.69, 9.17) is 10.5 Å². The number of ether oxygens (including phenoxy) is 1. The van der Waals surface area contributed by atoms with Crippen molar-refractivity contribution in [2.24, 2.45) is 11.7 Å². The lowest BCUT2D eigenvalue weighted by atomic mass is 10.0. The van der Waals surface area contributed by atoms with Crippen LogP contribution in [0.15, 0.2) is 30.3 Å². The van der Waals surface area contributed by atoms with E-state index in [1.807, 2.05) is 30.3 Å². The Morgan fingerprint density at radius 1 is 1.12 bits per heavy atom. The molecule has 0 unspecified atom stereocenters. The molecule has 0 radical (unpaired) electrons. The van der Waals surface area contributed by atoms with Gasteiger partial charge in [0.25, 0.3) is 0 Å². The van der Waals surface area contributed by atoms with Crippen LogP contribution in [-0.4, -0.2) is 30.0 Å². The van der Waals surface area contributed by atoms with E-state index in [1.54, 1.807) is 20.8 Å². The normalized spacial score (nSPS) is 13.0. The van der Waals surface area contributed by atoms with Crippen LogP contribution in [-0.2, 0) is 20.9 Å². The third-order valence-electron chi connectivity index (χ3n) is 3.50. The van der Waals surface area contributed by atoms with Crippen LogP contribution in [0.4, 0.5) is 4.79 Å². The van der Waals surface area contributed by atoms with Gasteiger partial charge in [-0.1, -0.05) is 51.1 Å². The summed E-state index contributed by atoms with van der Waals surface area (Å²) in [7, 11) is 0. The highest BCUT2D eigenvalue weighted by atomic mass is 16.5. The van der Waals surface area contributed by atoms with Gasteiger partial charge in [-0.2, -0.15) is 0 Å². The number of primary amides is 1. The Balaban J connectivity index is 2.59. The maximum atomic E-state index is 12.3. The summed E-state index contributed by atoms with van der Waals surface area (Å²) in [5.74, 6) is -1.26. The largest absolute Gasteiger partial charge is 0.445 e. The fourth-order valence-corrected chi connectivity index (χ4v) is 2.06. The second kappa shape index (κ2) is 9.54. The van der Waals surface area contributed by atoms with Gasteiger partial charge in [-0.05, 0) is 17.9 Å². The lowest BCUT2D eigenvalue weighted by Gasteiger charge is -2.23. The van der Waals surface area contributed by atoms with Crippen LogP contribution in [0.5, 0.6) is 0 Å². The highest BCUT2D eigenvalue weighted by Gasteiger charge is 2.27. The molecule has 1 aromatic rings. The van der Waals surface area contributed by atoms with Crippen LogP contribution in [0.1, 0.15) is 32.8 Å². The van der Waals surface area contributed by atoms with Crippen molar-refractivity contribution in [2.45, 2.75) is 45.9 Å². The highest BCUT2D eigenvalue weighted by Crippen LogP contribution is 2.05. The molecule has 0 aliphatic carbocycles. The first-order valence-electron chi connectivity index (χ1n) is 7.92. The van der Waals surface area contributed by atoms with E-state index in [9.17, 15) is 14.4 Å². The summed E-state index contributed by atoms with van der Waals surface area (Å²) in [6.07, 6.45) is -0.315. The van der Waals surface area contributed by atoms with Crippen molar-refractivity contribution in [3.05, 3.63) is 35.9 Å². The molecule has 0 aliphatic rings. The molecule has 7 heteroatoms. The maximum absolute atomic E-state index is 12.3. The Morgan fingerprint density at radius 3 is 2.25 bits per heavy atom. The van der Waals surface area contributed by atoms with Crippen molar-refractivity contribution in [3.8, 4) is 0 Å². The Kier molecular flexibility index (Phi) is 7.74. The molecule has 0 aliphatic heterocycles. The number of hydrogen-bond acceptors (Lipinski definition) is 4. The minimum absolute atomic E-state index is 0.109. The lowest BCUT2D eigenvalue weighted by Crippen LogP contribution is -2.54. The third kappa shape index (κ3) is 6.28. The van der Waals surface area contributed by atoms with Gasteiger partial charge in [0.15, 0.2) is 0 Å². The van der Waals surface area contributed by atoms with Crippen LogP contribution in [0, 0.1) is 5.92 Å². The Hall–Kier alpha value is -2.57. The van der Waals surface area contributed by atoms with Gasteiger partial charge >= 0.3 is 6.09 Å². The van der Waals surface area contributed by atoms with Gasteiger partial charge in [-0.25, -0.2) is 4.79 Å². The summed E-state index contributed by atoms with van der Waals surface area (Å²) in [6, 6.07) is 7.64. The molecule has 0 spiro atoms. The molecular weight excluding hydrogens is 310 g/mol. The molecule has 4 N–H and O–H groups in total. The number of carbonyl (C=O) groups is 3. The zero-order valence-corrected chi connectivity index (χ0v) is 14.2. The average molecular weight is 335 g/mol. The summed E-state index contributed by atoms with van der Waals surface area (Å²) >= 11 is 0. The molecule has 7 nitrogen and oxygen atoms in total. The van der Waals surface area contributed by atoms with Gasteiger partial charge in [-0.3, -0.25) is 9.59 Å². The Morgan fingerprint density at radius 2 is 1.75 bits per heavy atom. The second-order valence-corrected chi connectivity index (χ2v) is 5.80. The number of benzene rings is 1. The first-order chi connectivity index (χ1) is 11.3. The van der Waals surface area contributed by atoms with Crippen LogP contribution < -0.4 is 16.4 Å². The van der Waals surface area contributed by atoms with Gasteiger partial charge < -0.3 is 21.1 Å². The van der Waals surface area contributed by atoms with Crippen LogP contribution in [0.2, 0.25) is 0 Å². The average Bonchev–Trinajstić information content (AvgIpc) is 2.55. The van der Waals surface area contributed by atoms with Gasteiger partial charge in [0.05, 0.1) is 0 Å². The van der Waals surface area contributed by atoms with E-state index in [1.165, 1.54) is 0 Å². The summed E-state index contributed by atoms with van der Waals surface area (Å²) in [4.78, 5) is 35.4. The Labute approximate surface area is 141 Å². The summed E-state index contributed by atoms with van der Waals surface area (Å²) in [5.41, 5.74) is 6.06. The number of nitrogens with one attached hydrogen (secondary N) is 2. The van der Waals surface area contributed by atoms with E-state index in [-0.39, 0.29) is 12.5 Å². The minimum atomic E-state index is -0.818. The van der Waals surface area contributed by atoms with Crippen molar-refractivity contribution in [3.63, 3.8) is 0 Å². The molecule has 24 heavy (non-hydrogen) atoms. The van der Waals surface area contributed by atoms with Gasteiger partial charge in [-0.15, -0.1) is 0 Å². The number of hydrogen-bond donors (Lipinski definition) is 3. The lowest BCUT2D eigenvalue weighted by molar-refractivity contribution is -0.129. The van der Waals surface area contributed by atoms with E-state index in [2.05, 4.69) is 10.6 Å². The van der Waals surface area contributed by atoms with Crippen LogP contribution >= 0.6 is 0 Å². The number of nitrogens with two attached hydrogens (primary N) is 1. The standard InChI is InChI=1S/C17H25N3O4/c1-4-13(15(18)21)19-16(22)14(11(2)3)20-17(23)24-10-12-8-6-5-7-9-12/h5-9,11,13-14H,4,10H2,1-3H3,(H2,18,21)(H,19,22)(H,20,23)/t13-,14-/m0/s1. The summed E-state index contributed by atoms with van der Waals surface area (Å²) in [6.45, 7) is 5.42. The van der Waals surface area contributed by atoms with E-state index in [0.29, 0.717) is 6.42 Å². The first kappa shape index (κ1) is 19.5. The summed E-state index contributed by atoms with van der Waals surface area (Å²) < 4.78 is 5.12. The van der Waals surface area contributed by atoms with Crippen molar-refractivity contribution in [1.29, 1.82) is 0 Å². The summed E-state index contributed by atoms with van der Waals surface area (Å²) in [5, 5.41) is 5.07. The van der Waals surface area contributed by atoms with Crippen molar-refractivity contribution in [1.82, 2.24) is 10.6 Å².